The molecule has 3 aromatic rings. The van der Waals surface area contributed by atoms with Gasteiger partial charge in [0.2, 0.25) is 0 Å². The van der Waals surface area contributed by atoms with Crippen LogP contribution in [0.25, 0.3) is 16.6 Å². The van der Waals surface area contributed by atoms with Crippen LogP contribution in [-0.4, -0.2) is 24.7 Å². The molecule has 0 aliphatic rings. The Balaban J connectivity index is 1.43. The Bertz CT molecular complexity index is 933. The molecule has 0 bridgehead atoms. The molecule has 0 amide bonds. The molecule has 0 saturated carbocycles. The number of nitrogens with one attached hydrogen (secondary N) is 2. The molecule has 2 aromatic carbocycles. The number of hydrogen-bond donors (Lipinski definition) is 2. The lowest BCUT2D eigenvalue weighted by Crippen LogP contribution is -2.17. The lowest BCUT2D eigenvalue weighted by Gasteiger charge is -2.15. The summed E-state index contributed by atoms with van der Waals surface area (Å²) in [6.07, 6.45) is 7.65. The van der Waals surface area contributed by atoms with Crippen LogP contribution in [-0.2, 0) is 0 Å². The van der Waals surface area contributed by atoms with Crippen molar-refractivity contribution in [3.05, 3.63) is 72.9 Å². The normalized spacial score (nSPS) is 10.7. The Kier molecular flexibility index (Phi) is 8.58. The van der Waals surface area contributed by atoms with E-state index in [2.05, 4.69) is 41.3 Å². The van der Waals surface area contributed by atoms with Gasteiger partial charge in [-0.2, -0.15) is 0 Å². The first-order valence-corrected chi connectivity index (χ1v) is 11.0. The van der Waals surface area contributed by atoms with Crippen molar-refractivity contribution in [3.63, 3.8) is 0 Å². The highest BCUT2D eigenvalue weighted by molar-refractivity contribution is 5.90. The zero-order valence-corrected chi connectivity index (χ0v) is 18.0. The number of pyridine rings is 1. The first-order chi connectivity index (χ1) is 14.8. The minimum absolute atomic E-state index is 0.758. The Morgan fingerprint density at radius 2 is 1.77 bits per heavy atom. The van der Waals surface area contributed by atoms with Crippen molar-refractivity contribution in [2.24, 2.45) is 0 Å². The summed E-state index contributed by atoms with van der Waals surface area (Å²) in [5, 5.41) is 8.12. The third-order valence-electron chi connectivity index (χ3n) is 5.12. The quantitative estimate of drug-likeness (QED) is 0.331. The smallest absolute Gasteiger partial charge is 0.128 e. The van der Waals surface area contributed by atoms with Gasteiger partial charge >= 0.3 is 0 Å². The molecule has 3 rings (SSSR count). The van der Waals surface area contributed by atoms with Crippen LogP contribution in [0.3, 0.4) is 0 Å². The molecule has 0 saturated heterocycles. The van der Waals surface area contributed by atoms with Gasteiger partial charge in [0.1, 0.15) is 5.75 Å². The number of nitrogens with zero attached hydrogens (tertiary/aromatic N) is 1. The summed E-state index contributed by atoms with van der Waals surface area (Å²) in [6.45, 7) is 8.93. The number of fused-ring (bicyclic) bond motifs is 1. The maximum atomic E-state index is 6.01. The van der Waals surface area contributed by atoms with Crippen LogP contribution < -0.4 is 15.4 Å². The molecule has 0 radical (unpaired) electrons. The highest BCUT2D eigenvalue weighted by atomic mass is 16.5. The first-order valence-electron chi connectivity index (χ1n) is 11.0. The third-order valence-corrected chi connectivity index (χ3v) is 5.12. The van der Waals surface area contributed by atoms with Crippen LogP contribution in [0.4, 0.5) is 5.69 Å². The number of anilines is 1. The van der Waals surface area contributed by atoms with Gasteiger partial charge in [0.05, 0.1) is 12.1 Å². The lowest BCUT2D eigenvalue weighted by molar-refractivity contribution is 0.304. The van der Waals surface area contributed by atoms with E-state index in [-0.39, 0.29) is 0 Å². The van der Waals surface area contributed by atoms with Crippen molar-refractivity contribution in [1.82, 2.24) is 10.3 Å². The fourth-order valence-corrected chi connectivity index (χ4v) is 3.45. The van der Waals surface area contributed by atoms with Crippen molar-refractivity contribution in [2.45, 2.75) is 39.0 Å². The number of ether oxygens (including phenoxy) is 1. The summed E-state index contributed by atoms with van der Waals surface area (Å²) in [4.78, 5) is 4.41. The van der Waals surface area contributed by atoms with Crippen LogP contribution in [0.1, 0.15) is 44.6 Å². The van der Waals surface area contributed by atoms with Gasteiger partial charge in [-0.25, -0.2) is 0 Å². The minimum Gasteiger partial charge on any atom is -0.493 e. The van der Waals surface area contributed by atoms with Crippen molar-refractivity contribution in [1.29, 1.82) is 0 Å². The standard InChI is InChI=1S/C26H33N3O/c1-3-4-5-10-20-30-26-15-9-7-12-22(26)21(2)27-17-11-18-28-25-16-19-29-24-14-8-6-13-23(24)25/h6-9,12-16,19,27H,2-5,10-11,17-18,20H2,1H3,(H,28,29). The van der Waals surface area contributed by atoms with Gasteiger partial charge in [-0.1, -0.05) is 63.1 Å². The third kappa shape index (κ3) is 6.24. The first kappa shape index (κ1) is 21.7. The van der Waals surface area contributed by atoms with E-state index in [1.54, 1.807) is 0 Å². The van der Waals surface area contributed by atoms with Crippen molar-refractivity contribution < 1.29 is 4.74 Å². The predicted molar refractivity (Wildman–Crippen MR) is 128 cm³/mol. The van der Waals surface area contributed by atoms with E-state index >= 15 is 0 Å². The molecular formula is C26H33N3O. The molecule has 158 valence electrons. The maximum Gasteiger partial charge on any atom is 0.128 e. The summed E-state index contributed by atoms with van der Waals surface area (Å²) in [5.74, 6) is 0.910. The second-order valence-electron chi connectivity index (χ2n) is 7.47. The van der Waals surface area contributed by atoms with Gasteiger partial charge in [0.25, 0.3) is 0 Å². The molecule has 0 aliphatic heterocycles. The van der Waals surface area contributed by atoms with Gasteiger partial charge in [0, 0.05) is 41.6 Å². The number of para-hydroxylation sites is 2. The summed E-state index contributed by atoms with van der Waals surface area (Å²) in [5.41, 5.74) is 4.09. The second kappa shape index (κ2) is 11.9. The average Bonchev–Trinajstić information content (AvgIpc) is 2.79. The summed E-state index contributed by atoms with van der Waals surface area (Å²) in [7, 11) is 0. The molecule has 1 aromatic heterocycles. The van der Waals surface area contributed by atoms with Gasteiger partial charge in [0.15, 0.2) is 0 Å². The van der Waals surface area contributed by atoms with Gasteiger partial charge < -0.3 is 15.4 Å². The van der Waals surface area contributed by atoms with Crippen LogP contribution in [0.2, 0.25) is 0 Å². The molecule has 0 unspecified atom stereocenters. The van der Waals surface area contributed by atoms with Crippen LogP contribution in [0, 0.1) is 0 Å². The Morgan fingerprint density at radius 3 is 2.67 bits per heavy atom. The second-order valence-corrected chi connectivity index (χ2v) is 7.47. The van der Waals surface area contributed by atoms with E-state index in [0.29, 0.717) is 0 Å². The summed E-state index contributed by atoms with van der Waals surface area (Å²) >= 11 is 0. The number of unbranched alkanes of at least 4 members (excludes halogenated alkanes) is 3. The van der Waals surface area contributed by atoms with Gasteiger partial charge in [-0.3, -0.25) is 4.98 Å². The molecule has 0 fully saturated rings. The molecule has 1 heterocycles. The van der Waals surface area contributed by atoms with Gasteiger partial charge in [-0.05, 0) is 37.1 Å². The van der Waals surface area contributed by atoms with Crippen LogP contribution in [0.5, 0.6) is 5.75 Å². The number of hydrogen-bond acceptors (Lipinski definition) is 4. The van der Waals surface area contributed by atoms with E-state index in [1.807, 2.05) is 48.7 Å². The highest BCUT2D eigenvalue weighted by Crippen LogP contribution is 2.24. The van der Waals surface area contributed by atoms with Gasteiger partial charge in [-0.15, -0.1) is 0 Å². The fraction of sp³-hybridized carbons (Fsp3) is 0.346. The largest absolute Gasteiger partial charge is 0.493 e. The fourth-order valence-electron chi connectivity index (χ4n) is 3.45. The molecule has 30 heavy (non-hydrogen) atoms. The predicted octanol–water partition coefficient (Wildman–Crippen LogP) is 6.26. The molecular weight excluding hydrogens is 370 g/mol. The van der Waals surface area contributed by atoms with E-state index < -0.39 is 0 Å². The zero-order valence-electron chi connectivity index (χ0n) is 18.0. The van der Waals surface area contributed by atoms with Crippen molar-refractivity contribution >= 4 is 22.3 Å². The zero-order chi connectivity index (χ0) is 21.0. The van der Waals surface area contributed by atoms with E-state index in [9.17, 15) is 0 Å². The summed E-state index contributed by atoms with van der Waals surface area (Å²) in [6, 6.07) is 18.4. The minimum atomic E-state index is 0.758. The van der Waals surface area contributed by atoms with E-state index in [0.717, 1.165) is 66.1 Å². The molecule has 0 spiro atoms. The SMILES string of the molecule is C=C(NCCCNc1ccnc2ccccc12)c1ccccc1OCCCCCC. The van der Waals surface area contributed by atoms with Crippen LogP contribution in [0.15, 0.2) is 67.4 Å². The Labute approximate surface area is 180 Å². The highest BCUT2D eigenvalue weighted by Gasteiger charge is 2.06. The number of benzene rings is 2. The van der Waals surface area contributed by atoms with E-state index in [1.165, 1.54) is 19.3 Å². The monoisotopic (exact) mass is 403 g/mol. The molecule has 0 atom stereocenters. The molecule has 4 nitrogen and oxygen atoms in total. The average molecular weight is 404 g/mol. The molecule has 2 N–H and O–H groups in total. The van der Waals surface area contributed by atoms with E-state index in [4.69, 9.17) is 4.74 Å². The maximum absolute atomic E-state index is 6.01. The number of aromatic nitrogens is 1. The van der Waals surface area contributed by atoms with Crippen LogP contribution >= 0.6 is 0 Å². The topological polar surface area (TPSA) is 46.2 Å². The van der Waals surface area contributed by atoms with Crippen molar-refractivity contribution in [3.8, 4) is 5.75 Å². The lowest BCUT2D eigenvalue weighted by atomic mass is 10.1. The molecule has 0 aliphatic carbocycles. The Morgan fingerprint density at radius 1 is 0.933 bits per heavy atom. The Hall–Kier alpha value is -3.01. The summed E-state index contributed by atoms with van der Waals surface area (Å²) < 4.78 is 6.01. The number of rotatable bonds is 13. The molecule has 4 heteroatoms. The van der Waals surface area contributed by atoms with Crippen molar-refractivity contribution in [2.75, 3.05) is 25.0 Å².